The van der Waals surface area contributed by atoms with Crippen LogP contribution in [0, 0.1) is 0 Å². The highest BCUT2D eigenvalue weighted by Crippen LogP contribution is 2.22. The minimum absolute atomic E-state index is 1.28. The van der Waals surface area contributed by atoms with Gasteiger partial charge in [0, 0.05) is 0 Å². The van der Waals surface area contributed by atoms with Crippen LogP contribution in [0.5, 0.6) is 0 Å². The van der Waals surface area contributed by atoms with Gasteiger partial charge in [-0.3, -0.25) is 0 Å². The van der Waals surface area contributed by atoms with Crippen molar-refractivity contribution >= 4 is 32.4 Å². The number of unbranched alkanes of at least 4 members (excludes halogenated alkanes) is 5. The zero-order chi connectivity index (χ0) is 15.7. The Balaban J connectivity index is 2.07. The van der Waals surface area contributed by atoms with Gasteiger partial charge in [0.25, 0.3) is 0 Å². The minimum atomic E-state index is -1.76. The highest BCUT2D eigenvalue weighted by atomic mass is 79.9. The largest absolute Gasteiger partial charge is 0.190 e. The number of benzene rings is 2. The maximum Gasteiger partial charge on any atom is 0.190 e. The van der Waals surface area contributed by atoms with Gasteiger partial charge in [0.2, 0.25) is 0 Å². The van der Waals surface area contributed by atoms with E-state index in [1.54, 1.807) is 0 Å². The highest BCUT2D eigenvalue weighted by molar-refractivity contribution is 9.27. The Morgan fingerprint density at radius 1 is 0.682 bits per heavy atom. The van der Waals surface area contributed by atoms with E-state index in [1.807, 2.05) is 0 Å². The molecule has 0 spiro atoms. The van der Waals surface area contributed by atoms with Gasteiger partial charge in [0.15, 0.2) is 6.69 Å². The Morgan fingerprint density at radius 2 is 1.14 bits per heavy atom. The number of rotatable bonds is 9. The smallest absolute Gasteiger partial charge is 0.114 e. The van der Waals surface area contributed by atoms with Crippen LogP contribution in [0.3, 0.4) is 0 Å². The first-order valence-corrected chi connectivity index (χ1v) is 13.0. The summed E-state index contributed by atoms with van der Waals surface area (Å²) in [5, 5.41) is 2.99. The maximum absolute atomic E-state index is 4.22. The zero-order valence-electron chi connectivity index (χ0n) is 13.6. The molecule has 0 amide bonds. The van der Waals surface area contributed by atoms with Crippen molar-refractivity contribution in [2.45, 2.75) is 51.5 Å². The first kappa shape index (κ1) is 17.5. The molecule has 0 unspecified atom stereocenters. The molecule has 0 aliphatic heterocycles. The van der Waals surface area contributed by atoms with Gasteiger partial charge in [-0.05, 0) is 16.4 Å². The molecule has 0 heterocycles. The monoisotopic (exact) mass is 374 g/mol. The minimum Gasteiger partial charge on any atom is -0.114 e. The van der Waals surface area contributed by atoms with Crippen molar-refractivity contribution in [1.82, 2.24) is 0 Å². The number of hydrogen-bond donors (Lipinski definition) is 0. The summed E-state index contributed by atoms with van der Waals surface area (Å²) >= 11 is 4.22. The normalized spacial score (nSPS) is 11.5. The molecule has 0 nitrogen and oxygen atoms in total. The molecule has 22 heavy (non-hydrogen) atoms. The Morgan fingerprint density at radius 3 is 1.64 bits per heavy atom. The van der Waals surface area contributed by atoms with E-state index < -0.39 is 6.69 Å². The van der Waals surface area contributed by atoms with Gasteiger partial charge in [-0.2, -0.15) is 0 Å². The van der Waals surface area contributed by atoms with Crippen molar-refractivity contribution in [3.63, 3.8) is 0 Å². The molecule has 0 bridgehead atoms. The Kier molecular flexibility index (Phi) is 7.41. The summed E-state index contributed by atoms with van der Waals surface area (Å²) in [6.07, 6.45) is 8.17. The van der Waals surface area contributed by atoms with Crippen LogP contribution in [-0.4, -0.2) is 6.69 Å². The number of hydrogen-bond acceptors (Lipinski definition) is 0. The molecule has 0 fully saturated rings. The zero-order valence-corrected chi connectivity index (χ0v) is 16.2. The second kappa shape index (κ2) is 9.31. The van der Waals surface area contributed by atoms with Crippen LogP contribution in [0.15, 0.2) is 60.7 Å². The van der Waals surface area contributed by atoms with Crippen LogP contribution in [0.4, 0.5) is 0 Å². The average molecular weight is 375 g/mol. The molecule has 0 radical (unpaired) electrons. The molecule has 2 heteroatoms. The lowest BCUT2D eigenvalue weighted by molar-refractivity contribution is 0.623. The van der Waals surface area contributed by atoms with E-state index in [4.69, 9.17) is 0 Å². The van der Waals surface area contributed by atoms with E-state index in [-0.39, 0.29) is 0 Å². The summed E-state index contributed by atoms with van der Waals surface area (Å²) in [7, 11) is 0. The van der Waals surface area contributed by atoms with E-state index in [2.05, 4.69) is 82.9 Å². The second-order valence-corrected chi connectivity index (χ2v) is 13.4. The molecule has 2 aromatic carbocycles. The molecule has 0 aliphatic rings. The van der Waals surface area contributed by atoms with Crippen LogP contribution in [0.1, 0.15) is 45.4 Å². The highest BCUT2D eigenvalue weighted by Gasteiger charge is 2.33. The summed E-state index contributed by atoms with van der Waals surface area (Å²) in [4.78, 5) is 0. The second-order valence-electron chi connectivity index (χ2n) is 6.05. The first-order chi connectivity index (χ1) is 10.8. The van der Waals surface area contributed by atoms with Gasteiger partial charge in [-0.25, -0.2) is 0 Å². The predicted octanol–water partition coefficient (Wildman–Crippen LogP) is 5.50. The van der Waals surface area contributed by atoms with Gasteiger partial charge in [0.05, 0.1) is 0 Å². The van der Waals surface area contributed by atoms with Gasteiger partial charge >= 0.3 is 0 Å². The molecule has 2 rings (SSSR count). The molecule has 0 N–H and O–H groups in total. The van der Waals surface area contributed by atoms with Crippen LogP contribution < -0.4 is 10.4 Å². The Hall–Kier alpha value is -0.863. The van der Waals surface area contributed by atoms with Crippen molar-refractivity contribution in [1.29, 1.82) is 0 Å². The molecule has 0 aliphatic carbocycles. The molecule has 0 atom stereocenters. The van der Waals surface area contributed by atoms with Crippen LogP contribution in [0.2, 0.25) is 6.04 Å². The van der Waals surface area contributed by atoms with Crippen molar-refractivity contribution in [3.8, 4) is 0 Å². The summed E-state index contributed by atoms with van der Waals surface area (Å²) in [6, 6.07) is 23.4. The lowest BCUT2D eigenvalue weighted by atomic mass is 10.1. The third-order valence-electron chi connectivity index (χ3n) is 4.34. The van der Waals surface area contributed by atoms with Crippen LogP contribution in [0.25, 0.3) is 0 Å². The lowest BCUT2D eigenvalue weighted by Crippen LogP contribution is -2.52. The van der Waals surface area contributed by atoms with E-state index in [9.17, 15) is 0 Å². The lowest BCUT2D eigenvalue weighted by Gasteiger charge is -2.26. The van der Waals surface area contributed by atoms with Crippen molar-refractivity contribution in [3.05, 3.63) is 60.7 Å². The first-order valence-electron chi connectivity index (χ1n) is 8.57. The molecule has 2 aromatic rings. The fourth-order valence-electron chi connectivity index (χ4n) is 3.01. The van der Waals surface area contributed by atoms with Gasteiger partial charge in [-0.1, -0.05) is 106 Å². The predicted molar refractivity (Wildman–Crippen MR) is 105 cm³/mol. The summed E-state index contributed by atoms with van der Waals surface area (Å²) in [5.41, 5.74) is 0. The summed E-state index contributed by atoms with van der Waals surface area (Å²) in [5.74, 6) is 0. The fourth-order valence-corrected chi connectivity index (χ4v) is 8.53. The van der Waals surface area contributed by atoms with Crippen molar-refractivity contribution < 1.29 is 0 Å². The third kappa shape index (κ3) is 4.82. The molecule has 0 aromatic heterocycles. The average Bonchev–Trinajstić information content (AvgIpc) is 2.59. The van der Waals surface area contributed by atoms with E-state index in [1.165, 1.54) is 54.9 Å². The van der Waals surface area contributed by atoms with Gasteiger partial charge < -0.3 is 0 Å². The summed E-state index contributed by atoms with van der Waals surface area (Å²) < 4.78 is 0. The van der Waals surface area contributed by atoms with Crippen molar-refractivity contribution in [2.24, 2.45) is 0 Å². The van der Waals surface area contributed by atoms with E-state index >= 15 is 0 Å². The van der Waals surface area contributed by atoms with Crippen LogP contribution >= 0.6 is 15.3 Å². The molecular formula is C20H27BrSi. The molecule has 0 saturated carbocycles. The third-order valence-corrected chi connectivity index (χ3v) is 11.8. The maximum atomic E-state index is 4.22. The van der Waals surface area contributed by atoms with Gasteiger partial charge in [0.1, 0.15) is 0 Å². The van der Waals surface area contributed by atoms with E-state index in [0.29, 0.717) is 0 Å². The standard InChI is InChI=1S/C20H27BrSi/c1-2-3-4-5-6-13-18-22(21,19-14-9-7-10-15-19)20-16-11-8-12-17-20/h7-12,14-17H,2-6,13,18H2,1H3. The summed E-state index contributed by atoms with van der Waals surface area (Å²) in [6.45, 7) is 0.521. The van der Waals surface area contributed by atoms with Crippen molar-refractivity contribution in [2.75, 3.05) is 0 Å². The topological polar surface area (TPSA) is 0 Å². The van der Waals surface area contributed by atoms with Gasteiger partial charge in [-0.15, -0.1) is 15.3 Å². The molecule has 118 valence electrons. The quantitative estimate of drug-likeness (QED) is 0.308. The number of halogens is 1. The van der Waals surface area contributed by atoms with Crippen LogP contribution in [-0.2, 0) is 0 Å². The fraction of sp³-hybridized carbons (Fsp3) is 0.400. The van der Waals surface area contributed by atoms with E-state index in [0.717, 1.165) is 0 Å². The Bertz CT molecular complexity index is 484. The SMILES string of the molecule is CCCCCCCC[Si](Br)(c1ccccc1)c1ccccc1. The molecule has 0 saturated heterocycles. The Labute approximate surface area is 144 Å². The molecular weight excluding hydrogens is 348 g/mol.